The number of aliphatic imine (C=N–C) groups is 1. The van der Waals surface area contributed by atoms with Crippen molar-refractivity contribution in [2.24, 2.45) is 4.99 Å². The van der Waals surface area contributed by atoms with Gasteiger partial charge < -0.3 is 24.8 Å². The molecule has 3 aromatic rings. The number of anilines is 1. The minimum atomic E-state index is 0. The molecule has 0 spiro atoms. The van der Waals surface area contributed by atoms with Gasteiger partial charge in [-0.15, -0.1) is 24.0 Å². The third kappa shape index (κ3) is 5.16. The summed E-state index contributed by atoms with van der Waals surface area (Å²) in [4.78, 5) is 17.2. The van der Waals surface area contributed by atoms with Crippen molar-refractivity contribution in [3.05, 3.63) is 54.4 Å². The fourth-order valence-corrected chi connectivity index (χ4v) is 3.72. The topological polar surface area (TPSA) is 68.8 Å². The van der Waals surface area contributed by atoms with Crippen molar-refractivity contribution in [1.82, 2.24) is 20.2 Å². The Labute approximate surface area is 194 Å². The number of benzene rings is 2. The summed E-state index contributed by atoms with van der Waals surface area (Å²) in [5.41, 5.74) is 3.33. The normalized spacial score (nSPS) is 14.5. The number of para-hydroxylation sites is 2. The second kappa shape index (κ2) is 10.5. The van der Waals surface area contributed by atoms with Crippen LogP contribution in [0.1, 0.15) is 5.82 Å². The maximum Gasteiger partial charge on any atom is 0.193 e. The number of fused-ring (bicyclic) bond motifs is 1. The zero-order valence-electron chi connectivity index (χ0n) is 17.5. The number of ether oxygens (including phenoxy) is 1. The van der Waals surface area contributed by atoms with Gasteiger partial charge in [-0.3, -0.25) is 4.99 Å². The molecule has 7 nitrogen and oxygen atoms in total. The molecule has 2 N–H and O–H groups in total. The van der Waals surface area contributed by atoms with Crippen molar-refractivity contribution in [2.45, 2.75) is 6.42 Å². The van der Waals surface area contributed by atoms with Crippen molar-refractivity contribution in [3.8, 4) is 5.75 Å². The van der Waals surface area contributed by atoms with Gasteiger partial charge in [0.25, 0.3) is 0 Å². The van der Waals surface area contributed by atoms with Crippen LogP contribution in [0.15, 0.2) is 53.5 Å². The highest BCUT2D eigenvalue weighted by Crippen LogP contribution is 2.20. The summed E-state index contributed by atoms with van der Waals surface area (Å²) in [6, 6.07) is 16.4. The predicted octanol–water partition coefficient (Wildman–Crippen LogP) is 3.13. The van der Waals surface area contributed by atoms with Crippen LogP contribution in [0.3, 0.4) is 0 Å². The van der Waals surface area contributed by atoms with E-state index in [0.717, 1.165) is 67.7 Å². The maximum absolute atomic E-state index is 5.25. The first kappa shape index (κ1) is 22.2. The Balaban J connectivity index is 0.00000256. The molecule has 0 bridgehead atoms. The summed E-state index contributed by atoms with van der Waals surface area (Å²) in [6.45, 7) is 4.62. The van der Waals surface area contributed by atoms with E-state index >= 15 is 0 Å². The molecule has 2 heterocycles. The van der Waals surface area contributed by atoms with Crippen LogP contribution in [-0.4, -0.2) is 67.7 Å². The molecule has 1 fully saturated rings. The maximum atomic E-state index is 5.25. The van der Waals surface area contributed by atoms with E-state index in [1.807, 2.05) is 37.4 Å². The highest BCUT2D eigenvalue weighted by molar-refractivity contribution is 14.0. The molecule has 2 aromatic carbocycles. The van der Waals surface area contributed by atoms with Crippen molar-refractivity contribution >= 4 is 46.7 Å². The number of methoxy groups -OCH3 is 1. The second-order valence-corrected chi connectivity index (χ2v) is 7.10. The third-order valence-corrected chi connectivity index (χ3v) is 5.31. The van der Waals surface area contributed by atoms with E-state index in [0.29, 0.717) is 0 Å². The van der Waals surface area contributed by atoms with E-state index < -0.39 is 0 Å². The lowest BCUT2D eigenvalue weighted by Gasteiger charge is -2.37. The van der Waals surface area contributed by atoms with Crippen LogP contribution in [-0.2, 0) is 6.42 Å². The van der Waals surface area contributed by atoms with Gasteiger partial charge in [0, 0.05) is 51.9 Å². The van der Waals surface area contributed by atoms with E-state index in [1.54, 1.807) is 7.11 Å². The molecule has 8 heteroatoms. The van der Waals surface area contributed by atoms with Crippen molar-refractivity contribution < 1.29 is 4.74 Å². The van der Waals surface area contributed by atoms with Gasteiger partial charge in [-0.05, 0) is 36.4 Å². The third-order valence-electron chi connectivity index (χ3n) is 5.31. The molecular weight excluding hydrogens is 491 g/mol. The lowest BCUT2D eigenvalue weighted by Crippen LogP contribution is -2.52. The number of rotatable bonds is 5. The zero-order valence-corrected chi connectivity index (χ0v) is 19.8. The minimum absolute atomic E-state index is 0. The predicted molar refractivity (Wildman–Crippen MR) is 133 cm³/mol. The molecule has 4 rings (SSSR count). The molecule has 0 unspecified atom stereocenters. The lowest BCUT2D eigenvalue weighted by molar-refractivity contribution is 0.372. The quantitative estimate of drug-likeness (QED) is 0.308. The Morgan fingerprint density at radius 1 is 1.10 bits per heavy atom. The molecular formula is C22H29IN6O. The van der Waals surface area contributed by atoms with Crippen LogP contribution in [0.2, 0.25) is 0 Å². The SMILES string of the molecule is CN=C(NCCc1nc2ccccc2[nH]1)N1CCN(c2ccc(OC)cc2)CC1.I. The van der Waals surface area contributed by atoms with E-state index in [2.05, 4.69) is 48.3 Å². The average Bonchev–Trinajstić information content (AvgIpc) is 3.20. The number of halogens is 1. The number of guanidine groups is 1. The minimum Gasteiger partial charge on any atom is -0.497 e. The van der Waals surface area contributed by atoms with Crippen LogP contribution < -0.4 is 15.0 Å². The Morgan fingerprint density at radius 2 is 1.83 bits per heavy atom. The molecule has 30 heavy (non-hydrogen) atoms. The molecule has 0 aliphatic carbocycles. The van der Waals surface area contributed by atoms with Gasteiger partial charge in [-0.1, -0.05) is 12.1 Å². The molecule has 160 valence electrons. The highest BCUT2D eigenvalue weighted by atomic mass is 127. The molecule has 1 saturated heterocycles. The number of nitrogens with zero attached hydrogens (tertiary/aromatic N) is 4. The fourth-order valence-electron chi connectivity index (χ4n) is 3.72. The molecule has 0 radical (unpaired) electrons. The van der Waals surface area contributed by atoms with Gasteiger partial charge in [0.2, 0.25) is 0 Å². The van der Waals surface area contributed by atoms with E-state index in [9.17, 15) is 0 Å². The van der Waals surface area contributed by atoms with E-state index in [1.165, 1.54) is 5.69 Å². The number of nitrogens with one attached hydrogen (secondary N) is 2. The monoisotopic (exact) mass is 520 g/mol. The van der Waals surface area contributed by atoms with Crippen LogP contribution in [0, 0.1) is 0 Å². The molecule has 1 aliphatic rings. The molecule has 0 atom stereocenters. The summed E-state index contributed by atoms with van der Waals surface area (Å²) >= 11 is 0. The number of H-pyrrole nitrogens is 1. The number of hydrogen-bond acceptors (Lipinski definition) is 4. The molecule has 0 amide bonds. The average molecular weight is 520 g/mol. The molecule has 1 aromatic heterocycles. The second-order valence-electron chi connectivity index (χ2n) is 7.10. The zero-order chi connectivity index (χ0) is 20.1. The Bertz CT molecular complexity index is 930. The summed E-state index contributed by atoms with van der Waals surface area (Å²) in [5, 5.41) is 3.48. The Hall–Kier alpha value is -2.49. The summed E-state index contributed by atoms with van der Waals surface area (Å²) in [6.07, 6.45) is 0.833. The fraction of sp³-hybridized carbons (Fsp3) is 0.364. The Kier molecular flexibility index (Phi) is 7.78. The van der Waals surface area contributed by atoms with Crippen LogP contribution in [0.4, 0.5) is 5.69 Å². The summed E-state index contributed by atoms with van der Waals surface area (Å²) < 4.78 is 5.25. The van der Waals surface area contributed by atoms with Gasteiger partial charge in [-0.2, -0.15) is 0 Å². The highest BCUT2D eigenvalue weighted by Gasteiger charge is 2.19. The van der Waals surface area contributed by atoms with Crippen molar-refractivity contribution in [2.75, 3.05) is 51.8 Å². The van der Waals surface area contributed by atoms with E-state index in [-0.39, 0.29) is 24.0 Å². The van der Waals surface area contributed by atoms with Gasteiger partial charge in [-0.25, -0.2) is 4.98 Å². The standard InChI is InChI=1S/C22H28N6O.HI/c1-23-22(24-12-11-21-25-19-5-3-4-6-20(19)26-21)28-15-13-27(14-16-28)17-7-9-18(29-2)10-8-17;/h3-10H,11-16H2,1-2H3,(H,23,24)(H,25,26);1H. The van der Waals surface area contributed by atoms with Gasteiger partial charge in [0.15, 0.2) is 5.96 Å². The van der Waals surface area contributed by atoms with Gasteiger partial charge in [0.05, 0.1) is 18.1 Å². The molecule has 1 aliphatic heterocycles. The number of aromatic nitrogens is 2. The van der Waals surface area contributed by atoms with Crippen LogP contribution in [0.25, 0.3) is 11.0 Å². The summed E-state index contributed by atoms with van der Waals surface area (Å²) in [5.74, 6) is 2.84. The van der Waals surface area contributed by atoms with E-state index in [4.69, 9.17) is 4.74 Å². The van der Waals surface area contributed by atoms with Crippen LogP contribution in [0.5, 0.6) is 5.75 Å². The van der Waals surface area contributed by atoms with Crippen molar-refractivity contribution in [1.29, 1.82) is 0 Å². The first-order chi connectivity index (χ1) is 14.3. The van der Waals surface area contributed by atoms with Gasteiger partial charge in [0.1, 0.15) is 11.6 Å². The Morgan fingerprint density at radius 3 is 2.50 bits per heavy atom. The number of aromatic amines is 1. The number of piperazine rings is 1. The summed E-state index contributed by atoms with van der Waals surface area (Å²) in [7, 11) is 3.54. The van der Waals surface area contributed by atoms with Crippen LogP contribution >= 0.6 is 24.0 Å². The smallest absolute Gasteiger partial charge is 0.193 e. The number of hydrogen-bond donors (Lipinski definition) is 2. The largest absolute Gasteiger partial charge is 0.497 e. The molecule has 0 saturated carbocycles. The number of imidazole rings is 1. The van der Waals surface area contributed by atoms with Gasteiger partial charge >= 0.3 is 0 Å². The lowest BCUT2D eigenvalue weighted by atomic mass is 10.2. The van der Waals surface area contributed by atoms with Crippen molar-refractivity contribution in [3.63, 3.8) is 0 Å². The first-order valence-electron chi connectivity index (χ1n) is 10.0. The first-order valence-corrected chi connectivity index (χ1v) is 10.0.